The maximum Gasteiger partial charge on any atom is 0.160 e. The van der Waals surface area contributed by atoms with Gasteiger partial charge in [-0.1, -0.05) is 133 Å². The van der Waals surface area contributed by atoms with Gasteiger partial charge in [0, 0.05) is 21.7 Å². The van der Waals surface area contributed by atoms with E-state index < -0.39 is 0 Å². The summed E-state index contributed by atoms with van der Waals surface area (Å²) in [5.74, 6) is 0.708. The number of halogens is 1. The molecule has 0 aliphatic carbocycles. The fraction of sp³-hybridized carbons (Fsp3) is 0. The summed E-state index contributed by atoms with van der Waals surface area (Å²) in [6, 6.07) is 47.5. The van der Waals surface area contributed by atoms with Crippen LogP contribution in [-0.4, -0.2) is 9.97 Å². The zero-order valence-corrected chi connectivity index (χ0v) is 20.8. The van der Waals surface area contributed by atoms with E-state index in [0.717, 1.165) is 44.2 Å². The van der Waals surface area contributed by atoms with Crippen molar-refractivity contribution in [3.05, 3.63) is 145 Å². The quantitative estimate of drug-likeness (QED) is 0.238. The van der Waals surface area contributed by atoms with Crippen LogP contribution in [0.1, 0.15) is 0 Å². The highest BCUT2D eigenvalue weighted by atomic mass is 35.5. The summed E-state index contributed by atoms with van der Waals surface area (Å²) in [4.78, 5) is 9.90. The van der Waals surface area contributed by atoms with Gasteiger partial charge in [0.1, 0.15) is 0 Å². The van der Waals surface area contributed by atoms with Gasteiger partial charge in [0.25, 0.3) is 0 Å². The van der Waals surface area contributed by atoms with E-state index in [1.54, 1.807) is 0 Å². The Morgan fingerprint density at radius 2 is 0.784 bits per heavy atom. The lowest BCUT2D eigenvalue weighted by atomic mass is 10.0. The van der Waals surface area contributed by atoms with Crippen molar-refractivity contribution in [2.24, 2.45) is 0 Å². The first-order chi connectivity index (χ1) is 18.2. The van der Waals surface area contributed by atoms with Gasteiger partial charge in [-0.15, -0.1) is 0 Å². The summed E-state index contributed by atoms with van der Waals surface area (Å²) in [5.41, 5.74) is 9.42. The van der Waals surface area contributed by atoms with Gasteiger partial charge in [0.05, 0.1) is 11.4 Å². The molecule has 37 heavy (non-hydrogen) atoms. The van der Waals surface area contributed by atoms with Crippen LogP contribution in [0.5, 0.6) is 0 Å². The molecule has 5 aromatic carbocycles. The van der Waals surface area contributed by atoms with E-state index in [1.165, 1.54) is 11.1 Å². The van der Waals surface area contributed by atoms with Crippen molar-refractivity contribution in [2.45, 2.75) is 0 Å². The van der Waals surface area contributed by atoms with Crippen LogP contribution < -0.4 is 0 Å². The van der Waals surface area contributed by atoms with Crippen molar-refractivity contribution >= 4 is 11.6 Å². The van der Waals surface area contributed by atoms with Crippen LogP contribution in [0, 0.1) is 0 Å². The molecule has 2 nitrogen and oxygen atoms in total. The standard InChI is InChI=1S/C34H23ClN2/c35-31-13-7-12-30(22-31)26-16-20-28(21-17-26)33-23-32(36-34(37-33)29-10-5-2-6-11-29)27-18-14-25(15-19-27)24-8-3-1-4-9-24/h1-23H. The molecular formula is C34H23ClN2. The van der Waals surface area contributed by atoms with Crippen LogP contribution in [0.15, 0.2) is 140 Å². The minimum Gasteiger partial charge on any atom is -0.228 e. The molecule has 6 aromatic rings. The lowest BCUT2D eigenvalue weighted by molar-refractivity contribution is 1.18. The highest BCUT2D eigenvalue weighted by Gasteiger charge is 2.11. The van der Waals surface area contributed by atoms with Crippen LogP contribution in [0.4, 0.5) is 0 Å². The molecule has 0 bridgehead atoms. The molecule has 1 aromatic heterocycles. The molecular weight excluding hydrogens is 472 g/mol. The molecule has 0 unspecified atom stereocenters. The highest BCUT2D eigenvalue weighted by Crippen LogP contribution is 2.31. The largest absolute Gasteiger partial charge is 0.228 e. The number of hydrogen-bond acceptors (Lipinski definition) is 2. The monoisotopic (exact) mass is 494 g/mol. The Labute approximate surface area is 221 Å². The van der Waals surface area contributed by atoms with Crippen molar-refractivity contribution in [1.82, 2.24) is 9.97 Å². The van der Waals surface area contributed by atoms with Crippen LogP contribution in [0.3, 0.4) is 0 Å². The smallest absolute Gasteiger partial charge is 0.160 e. The SMILES string of the molecule is Clc1cccc(-c2ccc(-c3cc(-c4ccc(-c5ccccc5)cc4)nc(-c4ccccc4)n3)cc2)c1. The molecule has 0 saturated carbocycles. The number of benzene rings is 5. The Balaban J connectivity index is 1.41. The fourth-order valence-electron chi connectivity index (χ4n) is 4.42. The predicted molar refractivity (Wildman–Crippen MR) is 154 cm³/mol. The summed E-state index contributed by atoms with van der Waals surface area (Å²) < 4.78 is 0. The molecule has 0 aliphatic heterocycles. The predicted octanol–water partition coefficient (Wildman–Crippen LogP) is 9.46. The van der Waals surface area contributed by atoms with E-state index in [-0.39, 0.29) is 0 Å². The second kappa shape index (κ2) is 10.2. The van der Waals surface area contributed by atoms with Crippen molar-refractivity contribution in [1.29, 1.82) is 0 Å². The van der Waals surface area contributed by atoms with E-state index in [2.05, 4.69) is 84.9 Å². The molecule has 0 aliphatic rings. The molecule has 3 heteroatoms. The first kappa shape index (κ1) is 22.9. The molecule has 0 amide bonds. The molecule has 176 valence electrons. The van der Waals surface area contributed by atoms with Gasteiger partial charge in [-0.2, -0.15) is 0 Å². The Hall–Kier alpha value is -4.53. The Morgan fingerprint density at radius 3 is 1.32 bits per heavy atom. The summed E-state index contributed by atoms with van der Waals surface area (Å²) in [7, 11) is 0. The molecule has 0 atom stereocenters. The van der Waals surface area contributed by atoms with Crippen molar-refractivity contribution in [3.63, 3.8) is 0 Å². The van der Waals surface area contributed by atoms with Crippen molar-refractivity contribution < 1.29 is 0 Å². The van der Waals surface area contributed by atoms with Gasteiger partial charge in [0.2, 0.25) is 0 Å². The minimum absolute atomic E-state index is 0.708. The van der Waals surface area contributed by atoms with Crippen LogP contribution >= 0.6 is 11.6 Å². The molecule has 0 fully saturated rings. The molecule has 1 heterocycles. The summed E-state index contributed by atoms with van der Waals surface area (Å²) in [6.45, 7) is 0. The van der Waals surface area contributed by atoms with Gasteiger partial charge in [-0.25, -0.2) is 9.97 Å². The van der Waals surface area contributed by atoms with E-state index >= 15 is 0 Å². The minimum atomic E-state index is 0.708. The maximum atomic E-state index is 6.20. The zero-order chi connectivity index (χ0) is 25.0. The second-order valence-corrected chi connectivity index (χ2v) is 9.30. The van der Waals surface area contributed by atoms with E-state index in [0.29, 0.717) is 5.82 Å². The Kier molecular flexibility index (Phi) is 6.33. The third kappa shape index (κ3) is 5.06. The van der Waals surface area contributed by atoms with Gasteiger partial charge >= 0.3 is 0 Å². The number of aromatic nitrogens is 2. The van der Waals surface area contributed by atoms with Crippen molar-refractivity contribution in [2.75, 3.05) is 0 Å². The molecule has 6 rings (SSSR count). The molecule has 0 radical (unpaired) electrons. The average Bonchev–Trinajstić information content (AvgIpc) is 2.98. The summed E-state index contributed by atoms with van der Waals surface area (Å²) >= 11 is 6.20. The Bertz CT molecular complexity index is 1640. The zero-order valence-electron chi connectivity index (χ0n) is 20.1. The fourth-order valence-corrected chi connectivity index (χ4v) is 4.62. The lowest BCUT2D eigenvalue weighted by Crippen LogP contribution is -1.96. The third-order valence-corrected chi connectivity index (χ3v) is 6.62. The van der Waals surface area contributed by atoms with Crippen LogP contribution in [0.2, 0.25) is 5.02 Å². The molecule has 0 spiro atoms. The first-order valence-corrected chi connectivity index (χ1v) is 12.6. The van der Waals surface area contributed by atoms with Gasteiger partial charge < -0.3 is 0 Å². The van der Waals surface area contributed by atoms with E-state index in [4.69, 9.17) is 21.6 Å². The summed E-state index contributed by atoms with van der Waals surface area (Å²) in [6.07, 6.45) is 0. The Morgan fingerprint density at radius 1 is 0.351 bits per heavy atom. The van der Waals surface area contributed by atoms with Gasteiger partial charge in [-0.05, 0) is 40.5 Å². The van der Waals surface area contributed by atoms with Gasteiger partial charge in [-0.3, -0.25) is 0 Å². The third-order valence-electron chi connectivity index (χ3n) is 6.38. The number of nitrogens with zero attached hydrogens (tertiary/aromatic N) is 2. The maximum absolute atomic E-state index is 6.20. The van der Waals surface area contributed by atoms with Crippen molar-refractivity contribution in [3.8, 4) is 56.2 Å². The molecule has 0 N–H and O–H groups in total. The van der Waals surface area contributed by atoms with E-state index in [9.17, 15) is 0 Å². The van der Waals surface area contributed by atoms with E-state index in [1.807, 2.05) is 54.6 Å². The summed E-state index contributed by atoms with van der Waals surface area (Å²) in [5, 5.41) is 0.729. The number of hydrogen-bond donors (Lipinski definition) is 0. The lowest BCUT2D eigenvalue weighted by Gasteiger charge is -2.11. The topological polar surface area (TPSA) is 25.8 Å². The average molecular weight is 495 g/mol. The second-order valence-electron chi connectivity index (χ2n) is 8.86. The highest BCUT2D eigenvalue weighted by molar-refractivity contribution is 6.30. The van der Waals surface area contributed by atoms with Gasteiger partial charge in [0.15, 0.2) is 5.82 Å². The normalized spacial score (nSPS) is 10.8. The first-order valence-electron chi connectivity index (χ1n) is 12.2. The van der Waals surface area contributed by atoms with Crippen LogP contribution in [0.25, 0.3) is 56.2 Å². The van der Waals surface area contributed by atoms with Crippen LogP contribution in [-0.2, 0) is 0 Å². The number of rotatable bonds is 5. The molecule has 0 saturated heterocycles.